The third kappa shape index (κ3) is 5.26. The van der Waals surface area contributed by atoms with Crippen LogP contribution >= 0.6 is 11.6 Å². The van der Waals surface area contributed by atoms with Crippen LogP contribution in [0.1, 0.15) is 41.8 Å². The molecule has 7 nitrogen and oxygen atoms in total. The normalized spacial score (nSPS) is 11.9. The lowest BCUT2D eigenvalue weighted by molar-refractivity contribution is 0.102. The molecule has 0 saturated heterocycles. The molecule has 0 aliphatic carbocycles. The van der Waals surface area contributed by atoms with Gasteiger partial charge in [0.1, 0.15) is 5.15 Å². The van der Waals surface area contributed by atoms with Crippen molar-refractivity contribution in [3.8, 4) is 0 Å². The molecule has 4 aromatic rings. The molecule has 1 atom stereocenters. The van der Waals surface area contributed by atoms with Gasteiger partial charge in [0.05, 0.1) is 16.7 Å². The van der Waals surface area contributed by atoms with E-state index in [4.69, 9.17) is 11.6 Å². The van der Waals surface area contributed by atoms with Crippen molar-refractivity contribution in [2.75, 3.05) is 10.6 Å². The highest BCUT2D eigenvalue weighted by Crippen LogP contribution is 2.29. The third-order valence-corrected chi connectivity index (χ3v) is 6.03. The minimum atomic E-state index is -0.285. The number of amides is 1. The average Bonchev–Trinajstić information content (AvgIpc) is 2.81. The van der Waals surface area contributed by atoms with Gasteiger partial charge >= 0.3 is 0 Å². The van der Waals surface area contributed by atoms with Crippen LogP contribution in [-0.2, 0) is 6.42 Å². The van der Waals surface area contributed by atoms with Crippen molar-refractivity contribution in [2.24, 2.45) is 5.92 Å². The Labute approximate surface area is 202 Å². The number of carbonyl (C=O) groups is 1. The quantitative estimate of drug-likeness (QED) is 0.290. The average molecular weight is 476 g/mol. The van der Waals surface area contributed by atoms with E-state index in [1.165, 1.54) is 12.3 Å². The maximum absolute atomic E-state index is 12.6. The topological polar surface area (TPSA) is 99.8 Å². The highest BCUT2D eigenvalue weighted by molar-refractivity contribution is 6.29. The van der Waals surface area contributed by atoms with Gasteiger partial charge in [-0.25, -0.2) is 4.98 Å². The number of anilines is 3. The molecule has 0 fully saturated rings. The van der Waals surface area contributed by atoms with Crippen LogP contribution in [0.3, 0.4) is 0 Å². The molecule has 1 unspecified atom stereocenters. The van der Waals surface area contributed by atoms with Crippen molar-refractivity contribution >= 4 is 45.6 Å². The monoisotopic (exact) mass is 475 g/mol. The predicted octanol–water partition coefficient (Wildman–Crippen LogP) is 5.86. The number of aromatic amines is 1. The number of hydrogen-bond acceptors (Lipinski definition) is 5. The van der Waals surface area contributed by atoms with E-state index in [0.29, 0.717) is 22.7 Å². The van der Waals surface area contributed by atoms with Crippen LogP contribution in [-0.4, -0.2) is 20.9 Å². The molecule has 3 N–H and O–H groups in total. The van der Waals surface area contributed by atoms with Gasteiger partial charge in [-0.15, -0.1) is 0 Å². The predicted molar refractivity (Wildman–Crippen MR) is 137 cm³/mol. The maximum Gasteiger partial charge on any atom is 0.255 e. The number of hydrogen-bond donors (Lipinski definition) is 3. The van der Waals surface area contributed by atoms with Crippen molar-refractivity contribution in [2.45, 2.75) is 33.6 Å². The molecule has 0 radical (unpaired) electrons. The van der Waals surface area contributed by atoms with Gasteiger partial charge in [0.25, 0.3) is 5.91 Å². The van der Waals surface area contributed by atoms with Crippen LogP contribution in [0.2, 0.25) is 5.15 Å². The zero-order valence-corrected chi connectivity index (χ0v) is 20.0. The van der Waals surface area contributed by atoms with Gasteiger partial charge in [-0.2, -0.15) is 0 Å². The summed E-state index contributed by atoms with van der Waals surface area (Å²) in [5.41, 5.74) is 5.77. The summed E-state index contributed by atoms with van der Waals surface area (Å²) in [7, 11) is 0. The van der Waals surface area contributed by atoms with Crippen LogP contribution in [0.4, 0.5) is 17.1 Å². The number of aromatic nitrogens is 3. The van der Waals surface area contributed by atoms with Gasteiger partial charge in [0.2, 0.25) is 5.56 Å². The summed E-state index contributed by atoms with van der Waals surface area (Å²) in [5.74, 6) is 0.161. The van der Waals surface area contributed by atoms with E-state index in [9.17, 15) is 9.59 Å². The second kappa shape index (κ2) is 10.1. The summed E-state index contributed by atoms with van der Waals surface area (Å²) < 4.78 is 0. The Morgan fingerprint density at radius 2 is 1.88 bits per heavy atom. The minimum absolute atomic E-state index is 0.157. The van der Waals surface area contributed by atoms with Crippen LogP contribution in [0.25, 0.3) is 11.0 Å². The molecule has 174 valence electrons. The molecule has 0 saturated carbocycles. The fourth-order valence-corrected chi connectivity index (χ4v) is 3.90. The summed E-state index contributed by atoms with van der Waals surface area (Å²) >= 11 is 5.90. The molecule has 1 aromatic carbocycles. The van der Waals surface area contributed by atoms with E-state index in [2.05, 4.69) is 39.4 Å². The van der Waals surface area contributed by atoms with Gasteiger partial charge in [0.15, 0.2) is 0 Å². The smallest absolute Gasteiger partial charge is 0.255 e. The van der Waals surface area contributed by atoms with Gasteiger partial charge < -0.3 is 15.6 Å². The fraction of sp³-hybridized carbons (Fsp3) is 0.231. The lowest BCUT2D eigenvalue weighted by Crippen LogP contribution is -2.12. The van der Waals surface area contributed by atoms with Crippen molar-refractivity contribution in [1.29, 1.82) is 0 Å². The third-order valence-electron chi connectivity index (χ3n) is 5.83. The zero-order valence-electron chi connectivity index (χ0n) is 19.3. The van der Waals surface area contributed by atoms with Crippen LogP contribution in [0.15, 0.2) is 59.7 Å². The number of nitrogens with zero attached hydrogens (tertiary/aromatic N) is 2. The van der Waals surface area contributed by atoms with Gasteiger partial charge in [0, 0.05) is 35.4 Å². The number of carbonyl (C=O) groups excluding carboxylic acids is 1. The second-order valence-electron chi connectivity index (χ2n) is 8.43. The molecule has 3 heterocycles. The standard InChI is InChI=1S/C26H26ClN5O2/c1-4-15(2)11-18-13-23(33)32-25-20(8-10-29-24(18)25)31-21-14-19(6-5-16(21)3)30-26(34)17-7-9-28-22(27)12-17/h5-10,12-15H,4,11H2,1-3H3,(H,29,31)(H,30,34)(H,32,33). The molecule has 0 aliphatic heterocycles. The molecule has 1 amide bonds. The molecule has 8 heteroatoms. The summed E-state index contributed by atoms with van der Waals surface area (Å²) in [5, 5.41) is 6.55. The largest absolute Gasteiger partial charge is 0.353 e. The first-order chi connectivity index (χ1) is 16.3. The van der Waals surface area contributed by atoms with Crippen molar-refractivity contribution in [3.05, 3.63) is 87.1 Å². The molecule has 4 rings (SSSR count). The van der Waals surface area contributed by atoms with E-state index >= 15 is 0 Å². The SMILES string of the molecule is CCC(C)Cc1cc(=O)[nH]c2c(Nc3cc(NC(=O)c4ccnc(Cl)c4)ccc3C)ccnc12. The summed E-state index contributed by atoms with van der Waals surface area (Å²) in [6.45, 7) is 6.27. The number of fused-ring (bicyclic) bond motifs is 1. The molecular formula is C26H26ClN5O2. The first-order valence-electron chi connectivity index (χ1n) is 11.2. The highest BCUT2D eigenvalue weighted by Gasteiger charge is 2.13. The van der Waals surface area contributed by atoms with E-state index in [1.807, 2.05) is 31.2 Å². The Balaban J connectivity index is 1.65. The van der Waals surface area contributed by atoms with E-state index in [1.54, 1.807) is 18.3 Å². The zero-order chi connectivity index (χ0) is 24.2. The van der Waals surface area contributed by atoms with Crippen LogP contribution < -0.4 is 16.2 Å². The number of benzene rings is 1. The maximum atomic E-state index is 12.6. The molecule has 34 heavy (non-hydrogen) atoms. The molecule has 0 aliphatic rings. The summed E-state index contributed by atoms with van der Waals surface area (Å²) in [6, 6.07) is 12.2. The van der Waals surface area contributed by atoms with E-state index in [0.717, 1.165) is 40.9 Å². The molecule has 0 spiro atoms. The van der Waals surface area contributed by atoms with Gasteiger partial charge in [-0.3, -0.25) is 14.6 Å². The number of aryl methyl sites for hydroxylation is 1. The van der Waals surface area contributed by atoms with Gasteiger partial charge in [-0.05, 0) is 60.7 Å². The first-order valence-corrected chi connectivity index (χ1v) is 11.5. The van der Waals surface area contributed by atoms with E-state index in [-0.39, 0.29) is 16.6 Å². The highest BCUT2D eigenvalue weighted by atomic mass is 35.5. The Hall–Kier alpha value is -3.71. The number of halogens is 1. The van der Waals surface area contributed by atoms with Crippen molar-refractivity contribution in [3.63, 3.8) is 0 Å². The van der Waals surface area contributed by atoms with E-state index < -0.39 is 0 Å². The van der Waals surface area contributed by atoms with Crippen LogP contribution in [0, 0.1) is 12.8 Å². The first kappa shape index (κ1) is 23.4. The van der Waals surface area contributed by atoms with Gasteiger partial charge in [-0.1, -0.05) is 37.9 Å². The minimum Gasteiger partial charge on any atom is -0.353 e. The molecule has 0 bridgehead atoms. The fourth-order valence-electron chi connectivity index (χ4n) is 3.72. The Kier molecular flexibility index (Phi) is 6.93. The lowest BCUT2D eigenvalue weighted by atomic mass is 9.98. The second-order valence-corrected chi connectivity index (χ2v) is 8.82. The molecule has 3 aromatic heterocycles. The van der Waals surface area contributed by atoms with Crippen LogP contribution in [0.5, 0.6) is 0 Å². The summed E-state index contributed by atoms with van der Waals surface area (Å²) in [4.78, 5) is 36.4. The molecular weight excluding hydrogens is 450 g/mol. The number of pyridine rings is 3. The Morgan fingerprint density at radius 1 is 1.09 bits per heavy atom. The Bertz CT molecular complexity index is 1420. The van der Waals surface area contributed by atoms with Crippen molar-refractivity contribution < 1.29 is 4.79 Å². The summed E-state index contributed by atoms with van der Waals surface area (Å²) in [6.07, 6.45) is 5.03. The lowest BCUT2D eigenvalue weighted by Gasteiger charge is -2.15. The number of H-pyrrole nitrogens is 1. The number of rotatable bonds is 7. The Morgan fingerprint density at radius 3 is 2.65 bits per heavy atom. The van der Waals surface area contributed by atoms with Crippen molar-refractivity contribution in [1.82, 2.24) is 15.0 Å². The number of nitrogens with one attached hydrogen (secondary N) is 3.